The Labute approximate surface area is 194 Å². The maximum absolute atomic E-state index is 13.0. The zero-order valence-corrected chi connectivity index (χ0v) is 17.8. The van der Waals surface area contributed by atoms with Crippen molar-refractivity contribution in [2.45, 2.75) is 12.5 Å². The van der Waals surface area contributed by atoms with Crippen LogP contribution in [0.5, 0.6) is 5.75 Å². The maximum Gasteiger partial charge on any atom is 0.287 e. The number of amides is 1. The normalized spacial score (nSPS) is 11.5. The largest absolute Gasteiger partial charge is 0.508 e. The van der Waals surface area contributed by atoms with E-state index in [4.69, 9.17) is 9.83 Å². The molecule has 0 spiro atoms. The molecule has 2 heterocycles. The molecule has 2 aromatic heterocycles. The zero-order valence-electron chi connectivity index (χ0n) is 17.8. The van der Waals surface area contributed by atoms with E-state index in [0.29, 0.717) is 22.5 Å². The predicted octanol–water partition coefficient (Wildman–Crippen LogP) is 4.88. The Balaban J connectivity index is 1.55. The molecule has 0 aliphatic carbocycles. The topological polar surface area (TPSA) is 142 Å². The fraction of sp³-hybridized carbons (Fsp3) is 0.0800. The van der Waals surface area contributed by atoms with Gasteiger partial charge in [-0.2, -0.15) is 0 Å². The number of furan rings is 1. The SMILES string of the molecule is N=C(CC(NC(=O)c1ccc(-c2ccc([N+](=O)[O-])cc2)o1)c1ccccc1O)c1cccnc1. The van der Waals surface area contributed by atoms with Crippen LogP contribution in [0.3, 0.4) is 0 Å². The number of carbonyl (C=O) groups excluding carboxylic acids is 1. The van der Waals surface area contributed by atoms with Gasteiger partial charge in [-0.3, -0.25) is 19.9 Å². The van der Waals surface area contributed by atoms with E-state index in [1.807, 2.05) is 0 Å². The molecule has 34 heavy (non-hydrogen) atoms. The highest BCUT2D eigenvalue weighted by molar-refractivity contribution is 5.99. The molecule has 2 aromatic carbocycles. The summed E-state index contributed by atoms with van der Waals surface area (Å²) in [5.41, 5.74) is 1.85. The smallest absolute Gasteiger partial charge is 0.287 e. The van der Waals surface area contributed by atoms with Gasteiger partial charge < -0.3 is 20.2 Å². The Hall–Kier alpha value is -4.79. The van der Waals surface area contributed by atoms with E-state index in [-0.39, 0.29) is 29.3 Å². The van der Waals surface area contributed by atoms with Crippen molar-refractivity contribution >= 4 is 17.3 Å². The number of hydrogen-bond acceptors (Lipinski definition) is 7. The summed E-state index contributed by atoms with van der Waals surface area (Å²) in [7, 11) is 0. The zero-order chi connectivity index (χ0) is 24.1. The van der Waals surface area contributed by atoms with Gasteiger partial charge in [-0.1, -0.05) is 24.3 Å². The molecular formula is C25H20N4O5. The standard InChI is InChI=1S/C25H20N4O5/c26-20(17-4-3-13-27-15-17)14-21(19-5-1-2-6-22(19)30)28-25(31)24-12-11-23(34-24)16-7-9-18(10-8-16)29(32)33/h1-13,15,21,26,30H,14H2,(H,28,31). The number of carbonyl (C=O) groups is 1. The molecule has 4 aromatic rings. The van der Waals surface area contributed by atoms with Gasteiger partial charge in [0.15, 0.2) is 5.76 Å². The van der Waals surface area contributed by atoms with Crippen molar-refractivity contribution in [1.82, 2.24) is 10.3 Å². The first-order chi connectivity index (χ1) is 16.4. The van der Waals surface area contributed by atoms with Crippen LogP contribution >= 0.6 is 0 Å². The molecule has 0 aliphatic rings. The summed E-state index contributed by atoms with van der Waals surface area (Å²) < 4.78 is 5.68. The molecule has 0 saturated heterocycles. The lowest BCUT2D eigenvalue weighted by Gasteiger charge is -2.20. The van der Waals surface area contributed by atoms with Crippen LogP contribution in [0.1, 0.15) is 34.1 Å². The van der Waals surface area contributed by atoms with E-state index in [0.717, 1.165) is 0 Å². The number of para-hydroxylation sites is 1. The molecule has 1 unspecified atom stereocenters. The third-order valence-corrected chi connectivity index (χ3v) is 5.23. The average molecular weight is 456 g/mol. The minimum Gasteiger partial charge on any atom is -0.508 e. The van der Waals surface area contributed by atoms with Crippen molar-refractivity contribution in [2.24, 2.45) is 0 Å². The van der Waals surface area contributed by atoms with E-state index >= 15 is 0 Å². The van der Waals surface area contributed by atoms with Gasteiger partial charge in [-0.05, 0) is 36.4 Å². The lowest BCUT2D eigenvalue weighted by atomic mass is 9.97. The molecular weight excluding hydrogens is 436 g/mol. The Morgan fingerprint density at radius 1 is 1.09 bits per heavy atom. The summed E-state index contributed by atoms with van der Waals surface area (Å²) in [5, 5.41) is 32.5. The number of nitrogens with zero attached hydrogens (tertiary/aromatic N) is 2. The highest BCUT2D eigenvalue weighted by atomic mass is 16.6. The fourth-order valence-electron chi connectivity index (χ4n) is 3.48. The van der Waals surface area contributed by atoms with Crippen molar-refractivity contribution in [2.75, 3.05) is 0 Å². The lowest BCUT2D eigenvalue weighted by molar-refractivity contribution is -0.384. The van der Waals surface area contributed by atoms with Crippen LogP contribution in [0.15, 0.2) is 89.6 Å². The van der Waals surface area contributed by atoms with Crippen molar-refractivity contribution in [3.63, 3.8) is 0 Å². The molecule has 170 valence electrons. The number of phenolic OH excluding ortho intramolecular Hbond substituents is 1. The number of phenols is 1. The fourth-order valence-corrected chi connectivity index (χ4v) is 3.48. The third kappa shape index (κ3) is 4.99. The van der Waals surface area contributed by atoms with Crippen molar-refractivity contribution in [1.29, 1.82) is 5.41 Å². The van der Waals surface area contributed by atoms with Gasteiger partial charge in [0.1, 0.15) is 11.5 Å². The average Bonchev–Trinajstić information content (AvgIpc) is 3.35. The van der Waals surface area contributed by atoms with E-state index in [1.54, 1.807) is 60.9 Å². The third-order valence-electron chi connectivity index (χ3n) is 5.23. The Kier molecular flexibility index (Phi) is 6.45. The van der Waals surface area contributed by atoms with Crippen molar-refractivity contribution in [3.8, 4) is 17.1 Å². The van der Waals surface area contributed by atoms with Gasteiger partial charge in [0, 0.05) is 53.3 Å². The molecule has 4 rings (SSSR count). The van der Waals surface area contributed by atoms with Gasteiger partial charge in [-0.25, -0.2) is 0 Å². The van der Waals surface area contributed by atoms with Gasteiger partial charge in [0.2, 0.25) is 0 Å². The summed E-state index contributed by atoms with van der Waals surface area (Å²) in [6.45, 7) is 0. The van der Waals surface area contributed by atoms with E-state index in [1.165, 1.54) is 24.3 Å². The second kappa shape index (κ2) is 9.78. The van der Waals surface area contributed by atoms with Crippen LogP contribution in [0.4, 0.5) is 5.69 Å². The lowest BCUT2D eigenvalue weighted by Crippen LogP contribution is -2.30. The molecule has 0 bridgehead atoms. The number of nitro benzene ring substituents is 1. The number of aromatic hydroxyl groups is 1. The second-order valence-corrected chi connectivity index (χ2v) is 7.48. The molecule has 3 N–H and O–H groups in total. The molecule has 9 nitrogen and oxygen atoms in total. The van der Waals surface area contributed by atoms with Crippen LogP contribution < -0.4 is 5.32 Å². The minimum atomic E-state index is -0.700. The Bertz CT molecular complexity index is 1330. The number of pyridine rings is 1. The van der Waals surface area contributed by atoms with Crippen LogP contribution in [-0.4, -0.2) is 26.6 Å². The number of aromatic nitrogens is 1. The highest BCUT2D eigenvalue weighted by Gasteiger charge is 2.23. The van der Waals surface area contributed by atoms with Crippen LogP contribution in [0.2, 0.25) is 0 Å². The maximum atomic E-state index is 13.0. The van der Waals surface area contributed by atoms with Crippen molar-refractivity contribution < 1.29 is 19.2 Å². The number of benzene rings is 2. The summed E-state index contributed by atoms with van der Waals surface area (Å²) in [4.78, 5) is 27.4. The summed E-state index contributed by atoms with van der Waals surface area (Å²) in [6.07, 6.45) is 3.29. The molecule has 9 heteroatoms. The molecule has 0 aliphatic heterocycles. The van der Waals surface area contributed by atoms with E-state index in [9.17, 15) is 20.0 Å². The van der Waals surface area contributed by atoms with Gasteiger partial charge in [0.25, 0.3) is 11.6 Å². The number of hydrogen-bond donors (Lipinski definition) is 3. The second-order valence-electron chi connectivity index (χ2n) is 7.48. The van der Waals surface area contributed by atoms with E-state index in [2.05, 4.69) is 10.3 Å². The molecule has 0 saturated carbocycles. The Morgan fingerprint density at radius 3 is 2.53 bits per heavy atom. The van der Waals surface area contributed by atoms with Crippen LogP contribution in [0, 0.1) is 15.5 Å². The first-order valence-electron chi connectivity index (χ1n) is 10.3. The van der Waals surface area contributed by atoms with Crippen LogP contribution in [-0.2, 0) is 0 Å². The molecule has 1 amide bonds. The quantitative estimate of drug-likeness (QED) is 0.196. The molecule has 1 atom stereocenters. The van der Waals surface area contributed by atoms with Gasteiger partial charge in [0.05, 0.1) is 11.0 Å². The minimum absolute atomic E-state index is 0.00204. The molecule has 0 radical (unpaired) electrons. The van der Waals surface area contributed by atoms with E-state index < -0.39 is 16.9 Å². The van der Waals surface area contributed by atoms with Crippen molar-refractivity contribution in [3.05, 3.63) is 112 Å². The molecule has 0 fully saturated rings. The first-order valence-corrected chi connectivity index (χ1v) is 10.3. The summed E-state index contributed by atoms with van der Waals surface area (Å²) >= 11 is 0. The monoisotopic (exact) mass is 456 g/mol. The number of nitrogens with one attached hydrogen (secondary N) is 2. The Morgan fingerprint density at radius 2 is 1.85 bits per heavy atom. The predicted molar refractivity (Wildman–Crippen MR) is 125 cm³/mol. The number of rotatable bonds is 8. The van der Waals surface area contributed by atoms with Gasteiger partial charge in [-0.15, -0.1) is 0 Å². The highest BCUT2D eigenvalue weighted by Crippen LogP contribution is 2.29. The summed E-state index contributed by atoms with van der Waals surface area (Å²) in [6, 6.07) is 18.3. The number of nitro groups is 1. The first kappa shape index (κ1) is 22.4. The number of non-ortho nitro benzene ring substituents is 1. The van der Waals surface area contributed by atoms with Gasteiger partial charge >= 0.3 is 0 Å². The summed E-state index contributed by atoms with van der Waals surface area (Å²) in [5.74, 6) is -0.123. The van der Waals surface area contributed by atoms with Crippen LogP contribution in [0.25, 0.3) is 11.3 Å².